The van der Waals surface area contributed by atoms with Gasteiger partial charge in [0.25, 0.3) is 15.9 Å². The third-order valence-electron chi connectivity index (χ3n) is 6.74. The van der Waals surface area contributed by atoms with Crippen LogP contribution in [0.1, 0.15) is 42.4 Å². The Morgan fingerprint density at radius 3 is 2.20 bits per heavy atom. The number of rotatable bonds is 7. The summed E-state index contributed by atoms with van der Waals surface area (Å²) < 4.78 is 42.3. The van der Waals surface area contributed by atoms with Crippen LogP contribution in [0.15, 0.2) is 102 Å². The largest absolute Gasteiger partial charge is 0.350 e. The van der Waals surface area contributed by atoms with Gasteiger partial charge in [0, 0.05) is 28.7 Å². The number of sulfonamides is 1. The predicted octanol–water partition coefficient (Wildman–Crippen LogP) is 7.00. The fourth-order valence-electron chi connectivity index (χ4n) is 4.55. The van der Waals surface area contributed by atoms with E-state index in [0.717, 1.165) is 16.7 Å². The van der Waals surface area contributed by atoms with Crippen molar-refractivity contribution in [3.8, 4) is 11.1 Å². The van der Waals surface area contributed by atoms with E-state index in [1.54, 1.807) is 42.5 Å². The highest BCUT2D eigenvalue weighted by molar-refractivity contribution is 7.92. The van der Waals surface area contributed by atoms with E-state index in [2.05, 4.69) is 35.8 Å². The number of amides is 1. The molecule has 0 unspecified atom stereocenters. The summed E-state index contributed by atoms with van der Waals surface area (Å²) in [5, 5.41) is 3.59. The number of halogens is 1. The summed E-state index contributed by atoms with van der Waals surface area (Å²) in [5.74, 6) is -0.675. The number of hydrogen-bond donors (Lipinski definition) is 3. The van der Waals surface area contributed by atoms with Crippen LogP contribution >= 0.6 is 0 Å². The van der Waals surface area contributed by atoms with E-state index in [9.17, 15) is 17.6 Å². The van der Waals surface area contributed by atoms with Crippen LogP contribution in [0, 0.1) is 5.82 Å². The lowest BCUT2D eigenvalue weighted by Crippen LogP contribution is -2.23. The van der Waals surface area contributed by atoms with Crippen LogP contribution < -0.4 is 10.0 Å². The number of anilines is 1. The second-order valence-electron chi connectivity index (χ2n) is 10.7. The number of nitrogens with one attached hydrogen (secondary N) is 3. The lowest BCUT2D eigenvalue weighted by molar-refractivity contribution is 0.0947. The molecule has 1 heterocycles. The van der Waals surface area contributed by atoms with E-state index in [4.69, 9.17) is 0 Å². The number of aromatic amines is 1. The molecule has 0 aliphatic heterocycles. The molecule has 1 aromatic heterocycles. The maximum atomic E-state index is 13.3. The fraction of sp³-hybridized carbons (Fsp3) is 0.156. The highest BCUT2D eigenvalue weighted by atomic mass is 32.2. The highest BCUT2D eigenvalue weighted by Crippen LogP contribution is 2.35. The summed E-state index contributed by atoms with van der Waals surface area (Å²) in [6.45, 7) is 6.44. The van der Waals surface area contributed by atoms with Gasteiger partial charge >= 0.3 is 0 Å². The SMILES string of the molecule is CC(C)(C)c1ccc(S(=O)(=O)Nc2ccc3[nH]c(C(=O)NCc4ccc(F)cc4)c(-c4ccccc4)c3c2)cc1. The first kappa shape index (κ1) is 27.1. The predicted molar refractivity (Wildman–Crippen MR) is 157 cm³/mol. The van der Waals surface area contributed by atoms with Gasteiger partial charge in [-0.2, -0.15) is 0 Å². The van der Waals surface area contributed by atoms with E-state index in [-0.39, 0.29) is 28.6 Å². The number of benzene rings is 4. The summed E-state index contributed by atoms with van der Waals surface area (Å²) in [7, 11) is -3.84. The molecule has 40 heavy (non-hydrogen) atoms. The second-order valence-corrected chi connectivity index (χ2v) is 12.4. The summed E-state index contributed by atoms with van der Waals surface area (Å²) in [4.78, 5) is 16.7. The number of fused-ring (bicyclic) bond motifs is 1. The van der Waals surface area contributed by atoms with Crippen molar-refractivity contribution in [2.45, 2.75) is 37.6 Å². The van der Waals surface area contributed by atoms with Crippen molar-refractivity contribution in [2.24, 2.45) is 0 Å². The van der Waals surface area contributed by atoms with Gasteiger partial charge < -0.3 is 10.3 Å². The van der Waals surface area contributed by atoms with Gasteiger partial charge in [-0.05, 0) is 64.6 Å². The topological polar surface area (TPSA) is 91.1 Å². The minimum Gasteiger partial charge on any atom is -0.350 e. The maximum Gasteiger partial charge on any atom is 0.268 e. The van der Waals surface area contributed by atoms with Crippen LogP contribution in [0.3, 0.4) is 0 Å². The smallest absolute Gasteiger partial charge is 0.268 e. The van der Waals surface area contributed by atoms with Crippen LogP contribution in [0.2, 0.25) is 0 Å². The van der Waals surface area contributed by atoms with Gasteiger partial charge in [-0.3, -0.25) is 9.52 Å². The number of carbonyl (C=O) groups excluding carboxylic acids is 1. The monoisotopic (exact) mass is 555 g/mol. The molecule has 0 spiro atoms. The summed E-state index contributed by atoms with van der Waals surface area (Å²) in [6, 6.07) is 27.4. The van der Waals surface area contributed by atoms with Gasteiger partial charge in [-0.15, -0.1) is 0 Å². The molecule has 0 radical (unpaired) electrons. The molecule has 8 heteroatoms. The Morgan fingerprint density at radius 2 is 1.55 bits per heavy atom. The van der Waals surface area contributed by atoms with Crippen LogP contribution in [-0.2, 0) is 22.0 Å². The first-order valence-electron chi connectivity index (χ1n) is 12.9. The van der Waals surface area contributed by atoms with E-state index in [0.29, 0.717) is 27.8 Å². The van der Waals surface area contributed by atoms with E-state index in [1.165, 1.54) is 12.1 Å². The Kier molecular flexibility index (Phi) is 7.21. The number of carbonyl (C=O) groups is 1. The molecular weight excluding hydrogens is 525 g/mol. The molecular formula is C32H30FN3O3S. The minimum absolute atomic E-state index is 0.0914. The summed E-state index contributed by atoms with van der Waals surface area (Å²) in [5.41, 5.74) is 4.58. The highest BCUT2D eigenvalue weighted by Gasteiger charge is 2.22. The Hall–Kier alpha value is -4.43. The second kappa shape index (κ2) is 10.6. The van der Waals surface area contributed by atoms with E-state index in [1.807, 2.05) is 42.5 Å². The summed E-state index contributed by atoms with van der Waals surface area (Å²) >= 11 is 0. The van der Waals surface area contributed by atoms with Gasteiger partial charge in [0.1, 0.15) is 11.5 Å². The quantitative estimate of drug-likeness (QED) is 0.202. The van der Waals surface area contributed by atoms with E-state index >= 15 is 0 Å². The van der Waals surface area contributed by atoms with Crippen molar-refractivity contribution in [1.29, 1.82) is 0 Å². The molecule has 5 rings (SSSR count). The normalized spacial score (nSPS) is 11.9. The molecule has 3 N–H and O–H groups in total. The molecule has 1 amide bonds. The fourth-order valence-corrected chi connectivity index (χ4v) is 5.60. The molecule has 0 fully saturated rings. The van der Waals surface area contributed by atoms with Crippen molar-refractivity contribution in [1.82, 2.24) is 10.3 Å². The van der Waals surface area contributed by atoms with Crippen molar-refractivity contribution >= 4 is 32.5 Å². The van der Waals surface area contributed by atoms with Gasteiger partial charge in [-0.25, -0.2) is 12.8 Å². The molecule has 6 nitrogen and oxygen atoms in total. The zero-order valence-electron chi connectivity index (χ0n) is 22.5. The Labute approximate surface area is 233 Å². The molecule has 204 valence electrons. The van der Waals surface area contributed by atoms with Crippen LogP contribution in [0.4, 0.5) is 10.1 Å². The van der Waals surface area contributed by atoms with Gasteiger partial charge in [0.15, 0.2) is 0 Å². The molecule has 4 aromatic carbocycles. The summed E-state index contributed by atoms with van der Waals surface area (Å²) in [6.07, 6.45) is 0. The van der Waals surface area contributed by atoms with Gasteiger partial charge in [-0.1, -0.05) is 75.4 Å². The average molecular weight is 556 g/mol. The molecule has 0 saturated heterocycles. The Balaban J connectivity index is 1.48. The van der Waals surface area contributed by atoms with Crippen molar-refractivity contribution in [2.75, 3.05) is 4.72 Å². The van der Waals surface area contributed by atoms with Gasteiger partial charge in [0.05, 0.1) is 4.90 Å². The maximum absolute atomic E-state index is 13.3. The van der Waals surface area contributed by atoms with Crippen molar-refractivity contribution in [3.05, 3.63) is 120 Å². The van der Waals surface area contributed by atoms with Crippen molar-refractivity contribution < 1.29 is 17.6 Å². The molecule has 0 saturated carbocycles. The van der Waals surface area contributed by atoms with Crippen molar-refractivity contribution in [3.63, 3.8) is 0 Å². The minimum atomic E-state index is -3.84. The van der Waals surface area contributed by atoms with Crippen LogP contribution in [0.25, 0.3) is 22.0 Å². The number of H-pyrrole nitrogens is 1. The molecule has 0 bridgehead atoms. The number of aromatic nitrogens is 1. The standard InChI is InChI=1S/C32H30FN3O3S/c1-32(2,3)23-11-16-26(17-12-23)40(38,39)36-25-15-18-28-27(19-25)29(22-7-5-4-6-8-22)30(35-28)31(37)34-20-21-9-13-24(33)14-10-21/h4-19,35-36H,20H2,1-3H3,(H,34,37). The van der Waals surface area contributed by atoms with Crippen LogP contribution in [-0.4, -0.2) is 19.3 Å². The van der Waals surface area contributed by atoms with Crippen LogP contribution in [0.5, 0.6) is 0 Å². The lowest BCUT2D eigenvalue weighted by atomic mass is 9.87. The molecule has 0 aliphatic carbocycles. The van der Waals surface area contributed by atoms with Gasteiger partial charge in [0.2, 0.25) is 0 Å². The third-order valence-corrected chi connectivity index (χ3v) is 8.13. The molecule has 0 aliphatic rings. The Bertz CT molecular complexity index is 1770. The third kappa shape index (κ3) is 5.77. The average Bonchev–Trinajstić information content (AvgIpc) is 3.31. The number of hydrogen-bond acceptors (Lipinski definition) is 3. The first-order valence-corrected chi connectivity index (χ1v) is 14.4. The Morgan fingerprint density at radius 1 is 0.875 bits per heavy atom. The molecule has 5 aromatic rings. The zero-order valence-corrected chi connectivity index (χ0v) is 23.3. The van der Waals surface area contributed by atoms with E-state index < -0.39 is 10.0 Å². The molecule has 0 atom stereocenters. The zero-order chi connectivity index (χ0) is 28.5. The lowest BCUT2D eigenvalue weighted by Gasteiger charge is -2.19. The first-order chi connectivity index (χ1) is 19.0.